The number of hydrogen-bond donors (Lipinski definition) is 1. The number of ether oxygens (including phenoxy) is 1. The van der Waals surface area contributed by atoms with Crippen LogP contribution in [0.2, 0.25) is 0 Å². The molecule has 1 amide bonds. The third-order valence-electron chi connectivity index (χ3n) is 5.61. The molecule has 2 aromatic carbocycles. The zero-order valence-corrected chi connectivity index (χ0v) is 18.1. The van der Waals surface area contributed by atoms with Crippen LogP contribution in [-0.4, -0.2) is 38.0 Å². The van der Waals surface area contributed by atoms with Crippen LogP contribution in [-0.2, 0) is 22.4 Å². The third kappa shape index (κ3) is 3.93. The van der Waals surface area contributed by atoms with Crippen LogP contribution in [0.25, 0.3) is 11.4 Å². The second-order valence-electron chi connectivity index (χ2n) is 7.77. The number of benzene rings is 2. The van der Waals surface area contributed by atoms with Crippen LogP contribution < -0.4 is 5.32 Å². The SMILES string of the molecule is N#Cc1cnn(-c2ccccc2)c1NC(=O)COC(=O)c1nn(-c2ccccc2)c2c1CCC2. The van der Waals surface area contributed by atoms with E-state index in [0.717, 1.165) is 36.2 Å². The number of nitriles is 1. The van der Waals surface area contributed by atoms with E-state index >= 15 is 0 Å². The van der Waals surface area contributed by atoms with E-state index in [1.165, 1.54) is 10.9 Å². The Morgan fingerprint density at radius 3 is 2.35 bits per heavy atom. The zero-order valence-electron chi connectivity index (χ0n) is 18.1. The van der Waals surface area contributed by atoms with Crippen molar-refractivity contribution >= 4 is 17.7 Å². The summed E-state index contributed by atoms with van der Waals surface area (Å²) >= 11 is 0. The molecule has 0 unspecified atom stereocenters. The van der Waals surface area contributed by atoms with Gasteiger partial charge in [-0.1, -0.05) is 36.4 Å². The fraction of sp³-hybridized carbons (Fsp3) is 0.160. The second kappa shape index (κ2) is 9.03. The predicted octanol–water partition coefficient (Wildman–Crippen LogP) is 3.21. The van der Waals surface area contributed by atoms with Crippen molar-refractivity contribution < 1.29 is 14.3 Å². The molecule has 5 rings (SSSR count). The normalized spacial score (nSPS) is 12.1. The summed E-state index contributed by atoms with van der Waals surface area (Å²) in [7, 11) is 0. The Hall–Kier alpha value is -4.71. The Morgan fingerprint density at radius 1 is 1.00 bits per heavy atom. The maximum Gasteiger partial charge on any atom is 0.359 e. The lowest BCUT2D eigenvalue weighted by Gasteiger charge is -2.10. The van der Waals surface area contributed by atoms with E-state index in [1.807, 2.05) is 54.6 Å². The fourth-order valence-corrected chi connectivity index (χ4v) is 4.07. The molecule has 1 N–H and O–H groups in total. The first-order chi connectivity index (χ1) is 16.7. The van der Waals surface area contributed by atoms with Crippen molar-refractivity contribution in [3.63, 3.8) is 0 Å². The smallest absolute Gasteiger partial charge is 0.359 e. The Labute approximate surface area is 195 Å². The molecular formula is C25H20N6O3. The molecule has 2 heterocycles. The molecule has 1 aliphatic rings. The number of nitrogens with one attached hydrogen (secondary N) is 1. The summed E-state index contributed by atoms with van der Waals surface area (Å²) < 4.78 is 8.52. The monoisotopic (exact) mass is 452 g/mol. The second-order valence-corrected chi connectivity index (χ2v) is 7.77. The number of hydrogen-bond acceptors (Lipinski definition) is 6. The average molecular weight is 452 g/mol. The van der Waals surface area contributed by atoms with E-state index in [4.69, 9.17) is 4.74 Å². The molecule has 0 saturated carbocycles. The van der Waals surface area contributed by atoms with Crippen molar-refractivity contribution in [2.45, 2.75) is 19.3 Å². The molecule has 2 aromatic heterocycles. The molecule has 9 heteroatoms. The van der Waals surface area contributed by atoms with Crippen LogP contribution in [0.5, 0.6) is 0 Å². The largest absolute Gasteiger partial charge is 0.451 e. The summed E-state index contributed by atoms with van der Waals surface area (Å²) in [5.41, 5.74) is 3.84. The summed E-state index contributed by atoms with van der Waals surface area (Å²) in [6, 6.07) is 20.7. The summed E-state index contributed by atoms with van der Waals surface area (Å²) in [4.78, 5) is 25.4. The summed E-state index contributed by atoms with van der Waals surface area (Å²) in [6.45, 7) is -0.517. The van der Waals surface area contributed by atoms with Crippen molar-refractivity contribution in [2.75, 3.05) is 11.9 Å². The number of anilines is 1. The van der Waals surface area contributed by atoms with Gasteiger partial charge < -0.3 is 10.1 Å². The highest BCUT2D eigenvalue weighted by Gasteiger charge is 2.28. The van der Waals surface area contributed by atoms with Crippen molar-refractivity contribution in [2.24, 2.45) is 0 Å². The highest BCUT2D eigenvalue weighted by molar-refractivity contribution is 5.96. The van der Waals surface area contributed by atoms with Gasteiger partial charge in [-0.25, -0.2) is 14.2 Å². The fourth-order valence-electron chi connectivity index (χ4n) is 4.07. The van der Waals surface area contributed by atoms with Gasteiger partial charge in [0.2, 0.25) is 0 Å². The number of carbonyl (C=O) groups is 2. The number of aromatic nitrogens is 4. The minimum atomic E-state index is -0.653. The van der Waals surface area contributed by atoms with Crippen molar-refractivity contribution in [1.29, 1.82) is 5.26 Å². The van der Waals surface area contributed by atoms with Gasteiger partial charge in [-0.3, -0.25) is 4.79 Å². The Kier molecular flexibility index (Phi) is 5.62. The number of fused-ring (bicyclic) bond motifs is 1. The minimum Gasteiger partial charge on any atom is -0.451 e. The van der Waals surface area contributed by atoms with E-state index in [9.17, 15) is 14.9 Å². The third-order valence-corrected chi connectivity index (χ3v) is 5.61. The van der Waals surface area contributed by atoms with Crippen LogP contribution in [0.1, 0.15) is 33.7 Å². The molecular weight excluding hydrogens is 432 g/mol. The van der Waals surface area contributed by atoms with Crippen LogP contribution >= 0.6 is 0 Å². The lowest BCUT2D eigenvalue weighted by Crippen LogP contribution is -2.23. The van der Waals surface area contributed by atoms with Gasteiger partial charge in [0.25, 0.3) is 5.91 Å². The molecule has 4 aromatic rings. The first-order valence-corrected chi connectivity index (χ1v) is 10.8. The number of esters is 1. The Balaban J connectivity index is 1.31. The van der Waals surface area contributed by atoms with E-state index in [0.29, 0.717) is 5.69 Å². The van der Waals surface area contributed by atoms with Gasteiger partial charge in [0, 0.05) is 11.3 Å². The Morgan fingerprint density at radius 2 is 1.68 bits per heavy atom. The predicted molar refractivity (Wildman–Crippen MR) is 123 cm³/mol. The quantitative estimate of drug-likeness (QED) is 0.449. The highest BCUT2D eigenvalue weighted by atomic mass is 16.5. The summed E-state index contributed by atoms with van der Waals surface area (Å²) in [5.74, 6) is -1.02. The number of nitrogens with zero attached hydrogens (tertiary/aromatic N) is 5. The molecule has 9 nitrogen and oxygen atoms in total. The van der Waals surface area contributed by atoms with E-state index in [-0.39, 0.29) is 17.1 Å². The number of amides is 1. The molecule has 0 fully saturated rings. The molecule has 0 aliphatic heterocycles. The van der Waals surface area contributed by atoms with E-state index in [2.05, 4.69) is 15.5 Å². The zero-order chi connectivity index (χ0) is 23.5. The minimum absolute atomic E-state index is 0.197. The first kappa shape index (κ1) is 21.2. The van der Waals surface area contributed by atoms with Gasteiger partial charge in [-0.15, -0.1) is 0 Å². The van der Waals surface area contributed by atoms with Gasteiger partial charge in [-0.05, 0) is 43.5 Å². The van der Waals surface area contributed by atoms with Gasteiger partial charge in [-0.2, -0.15) is 15.5 Å². The number of para-hydroxylation sites is 2. The molecule has 0 radical (unpaired) electrons. The van der Waals surface area contributed by atoms with E-state index < -0.39 is 18.5 Å². The van der Waals surface area contributed by atoms with Gasteiger partial charge in [0.1, 0.15) is 11.6 Å². The van der Waals surface area contributed by atoms with Crippen LogP contribution in [0.4, 0.5) is 5.82 Å². The first-order valence-electron chi connectivity index (χ1n) is 10.8. The van der Waals surface area contributed by atoms with Crippen LogP contribution in [0.3, 0.4) is 0 Å². The van der Waals surface area contributed by atoms with E-state index in [1.54, 1.807) is 16.8 Å². The molecule has 0 atom stereocenters. The summed E-state index contributed by atoms with van der Waals surface area (Å²) in [5, 5.41) is 20.7. The van der Waals surface area contributed by atoms with Crippen LogP contribution in [0.15, 0.2) is 66.9 Å². The molecule has 0 saturated heterocycles. The maximum absolute atomic E-state index is 12.8. The van der Waals surface area contributed by atoms with Gasteiger partial charge >= 0.3 is 5.97 Å². The lowest BCUT2D eigenvalue weighted by atomic mass is 10.2. The van der Waals surface area contributed by atoms with Crippen molar-refractivity contribution in [3.8, 4) is 17.4 Å². The number of carbonyl (C=O) groups excluding carboxylic acids is 2. The van der Waals surface area contributed by atoms with Gasteiger partial charge in [0.05, 0.1) is 17.6 Å². The average Bonchev–Trinajstić information content (AvgIpc) is 3.59. The molecule has 0 spiro atoms. The van der Waals surface area contributed by atoms with Crippen molar-refractivity contribution in [1.82, 2.24) is 19.6 Å². The highest BCUT2D eigenvalue weighted by Crippen LogP contribution is 2.28. The lowest BCUT2D eigenvalue weighted by molar-refractivity contribution is -0.119. The van der Waals surface area contributed by atoms with Gasteiger partial charge in [0.15, 0.2) is 18.1 Å². The molecule has 0 bridgehead atoms. The maximum atomic E-state index is 12.8. The standard InChI is InChI=1S/C25H20N6O3/c26-14-17-15-27-31(19-10-5-2-6-11-19)24(17)28-22(32)16-34-25(33)23-20-12-7-13-21(20)30(29-23)18-8-3-1-4-9-18/h1-6,8-11,15H,7,12-13,16H2,(H,28,32). The van der Waals surface area contributed by atoms with Crippen molar-refractivity contribution in [3.05, 3.63) is 89.4 Å². The summed E-state index contributed by atoms with van der Waals surface area (Å²) in [6.07, 6.45) is 3.86. The molecule has 1 aliphatic carbocycles. The molecule has 34 heavy (non-hydrogen) atoms. The Bertz CT molecular complexity index is 1400. The topological polar surface area (TPSA) is 115 Å². The molecule has 168 valence electrons. The number of rotatable bonds is 6. The van der Waals surface area contributed by atoms with Crippen LogP contribution in [0, 0.1) is 11.3 Å².